The molecule has 1 aliphatic rings. The van der Waals surface area contributed by atoms with E-state index in [9.17, 15) is 9.59 Å². The number of carbonyl (C=O) groups is 2. The van der Waals surface area contributed by atoms with Gasteiger partial charge in [0.25, 0.3) is 5.22 Å². The van der Waals surface area contributed by atoms with E-state index in [1.807, 2.05) is 25.1 Å². The van der Waals surface area contributed by atoms with Crippen LogP contribution in [0.5, 0.6) is 0 Å². The summed E-state index contributed by atoms with van der Waals surface area (Å²) < 4.78 is 5.65. The minimum Gasteiger partial charge on any atom is -0.431 e. The molecule has 0 spiro atoms. The lowest BCUT2D eigenvalue weighted by Gasteiger charge is -2.27. The number of oxazole rings is 1. The van der Waals surface area contributed by atoms with Gasteiger partial charge in [-0.1, -0.05) is 35.5 Å². The van der Waals surface area contributed by atoms with Crippen LogP contribution >= 0.6 is 23.4 Å². The van der Waals surface area contributed by atoms with E-state index in [0.717, 1.165) is 0 Å². The van der Waals surface area contributed by atoms with Crippen LogP contribution in [0, 0.1) is 0 Å². The molecule has 0 fully saturated rings. The fourth-order valence-electron chi connectivity index (χ4n) is 3.10. The molecular formula is C19H16ClN3O3S. The Kier molecular flexibility index (Phi) is 4.80. The zero-order valence-corrected chi connectivity index (χ0v) is 16.0. The number of carbonyl (C=O) groups excluding carboxylic acids is 2. The lowest BCUT2D eigenvalue weighted by Crippen LogP contribution is -2.40. The molecule has 2 amide bonds. The molecule has 1 aliphatic heterocycles. The fourth-order valence-corrected chi connectivity index (χ4v) is 3.96. The van der Waals surface area contributed by atoms with Crippen molar-refractivity contribution in [1.82, 2.24) is 4.98 Å². The maximum absolute atomic E-state index is 12.9. The predicted molar refractivity (Wildman–Crippen MR) is 106 cm³/mol. The molecule has 1 aromatic heterocycles. The highest BCUT2D eigenvalue weighted by molar-refractivity contribution is 7.99. The van der Waals surface area contributed by atoms with E-state index in [-0.39, 0.29) is 30.0 Å². The number of hydrogen-bond acceptors (Lipinski definition) is 5. The van der Waals surface area contributed by atoms with Gasteiger partial charge < -0.3 is 14.6 Å². The first-order valence-electron chi connectivity index (χ1n) is 8.41. The molecule has 1 N–H and O–H groups in total. The second kappa shape index (κ2) is 7.25. The minimum atomic E-state index is -0.246. The molecule has 0 bridgehead atoms. The Balaban J connectivity index is 1.55. The van der Waals surface area contributed by atoms with Gasteiger partial charge in [0.2, 0.25) is 11.8 Å². The first kappa shape index (κ1) is 17.9. The molecule has 8 heteroatoms. The van der Waals surface area contributed by atoms with Crippen molar-refractivity contribution in [3.8, 4) is 0 Å². The Labute approximate surface area is 164 Å². The van der Waals surface area contributed by atoms with Crippen LogP contribution in [-0.2, 0) is 9.59 Å². The van der Waals surface area contributed by atoms with Crippen molar-refractivity contribution in [3.63, 3.8) is 0 Å². The number of anilines is 2. The average molecular weight is 402 g/mol. The first-order valence-corrected chi connectivity index (χ1v) is 9.77. The Morgan fingerprint density at radius 3 is 3.04 bits per heavy atom. The first-order chi connectivity index (χ1) is 13.0. The summed E-state index contributed by atoms with van der Waals surface area (Å²) in [6.07, 6.45) is 0.243. The molecule has 2 heterocycles. The highest BCUT2D eigenvalue weighted by Crippen LogP contribution is 2.32. The number of hydrogen-bond donors (Lipinski definition) is 1. The van der Waals surface area contributed by atoms with E-state index in [1.54, 1.807) is 29.2 Å². The number of thioether (sulfide) groups is 1. The molecule has 3 aromatic rings. The molecule has 27 heavy (non-hydrogen) atoms. The van der Waals surface area contributed by atoms with Crippen molar-refractivity contribution in [2.75, 3.05) is 16.0 Å². The summed E-state index contributed by atoms with van der Waals surface area (Å²) >= 11 is 7.18. The van der Waals surface area contributed by atoms with Crippen molar-refractivity contribution < 1.29 is 14.0 Å². The molecule has 0 saturated heterocycles. The van der Waals surface area contributed by atoms with Gasteiger partial charge in [-0.3, -0.25) is 9.59 Å². The van der Waals surface area contributed by atoms with Gasteiger partial charge in [-0.2, -0.15) is 0 Å². The van der Waals surface area contributed by atoms with E-state index in [2.05, 4.69) is 10.3 Å². The fraction of sp³-hybridized carbons (Fsp3) is 0.211. The number of nitrogens with zero attached hydrogens (tertiary/aromatic N) is 2. The molecule has 0 radical (unpaired) electrons. The number of para-hydroxylation sites is 2. The average Bonchev–Trinajstić information content (AvgIpc) is 2.97. The van der Waals surface area contributed by atoms with Crippen LogP contribution in [0.15, 0.2) is 52.1 Å². The Morgan fingerprint density at radius 1 is 1.37 bits per heavy atom. The van der Waals surface area contributed by atoms with Crippen molar-refractivity contribution in [2.24, 2.45) is 0 Å². The standard InChI is InChI=1S/C19H16ClN3O3S/c1-11-8-17(24)21-13-4-2-3-5-15(13)23(11)18(25)10-27-19-22-14-7-6-12(20)9-16(14)26-19/h2-7,9,11H,8,10H2,1H3,(H,21,24). The number of fused-ring (bicyclic) bond motifs is 2. The van der Waals surface area contributed by atoms with Crippen molar-refractivity contribution >= 4 is 57.7 Å². The summed E-state index contributed by atoms with van der Waals surface area (Å²) in [6, 6.07) is 12.3. The van der Waals surface area contributed by atoms with Crippen LogP contribution in [-0.4, -0.2) is 28.6 Å². The van der Waals surface area contributed by atoms with E-state index in [4.69, 9.17) is 16.0 Å². The van der Waals surface area contributed by atoms with E-state index >= 15 is 0 Å². The molecule has 0 saturated carbocycles. The van der Waals surface area contributed by atoms with Gasteiger partial charge in [0.15, 0.2) is 5.58 Å². The SMILES string of the molecule is CC1CC(=O)Nc2ccccc2N1C(=O)CSc1nc2ccc(Cl)cc2o1. The van der Waals surface area contributed by atoms with Gasteiger partial charge in [0, 0.05) is 23.6 Å². The number of amides is 2. The van der Waals surface area contributed by atoms with Crippen LogP contribution in [0.3, 0.4) is 0 Å². The van der Waals surface area contributed by atoms with Gasteiger partial charge in [-0.25, -0.2) is 4.98 Å². The van der Waals surface area contributed by atoms with Crippen LogP contribution in [0.1, 0.15) is 13.3 Å². The third kappa shape index (κ3) is 3.65. The molecule has 0 aliphatic carbocycles. The maximum Gasteiger partial charge on any atom is 0.257 e. The van der Waals surface area contributed by atoms with Gasteiger partial charge in [0.05, 0.1) is 17.1 Å². The summed E-state index contributed by atoms with van der Waals surface area (Å²) in [7, 11) is 0. The van der Waals surface area contributed by atoms with Crippen molar-refractivity contribution in [1.29, 1.82) is 0 Å². The lowest BCUT2D eigenvalue weighted by molar-refractivity contribution is -0.117. The van der Waals surface area contributed by atoms with Crippen LogP contribution in [0.2, 0.25) is 5.02 Å². The van der Waals surface area contributed by atoms with Crippen molar-refractivity contribution in [2.45, 2.75) is 24.6 Å². The van der Waals surface area contributed by atoms with E-state index in [0.29, 0.717) is 32.7 Å². The number of rotatable bonds is 3. The normalized spacial score (nSPS) is 16.7. The Bertz CT molecular complexity index is 1040. The smallest absolute Gasteiger partial charge is 0.257 e. The van der Waals surface area contributed by atoms with E-state index in [1.165, 1.54) is 11.8 Å². The maximum atomic E-state index is 12.9. The van der Waals surface area contributed by atoms with Gasteiger partial charge in [-0.15, -0.1) is 0 Å². The van der Waals surface area contributed by atoms with Crippen molar-refractivity contribution in [3.05, 3.63) is 47.5 Å². The monoisotopic (exact) mass is 401 g/mol. The van der Waals surface area contributed by atoms with Gasteiger partial charge in [-0.05, 0) is 31.2 Å². The lowest BCUT2D eigenvalue weighted by atomic mass is 10.2. The van der Waals surface area contributed by atoms with Gasteiger partial charge >= 0.3 is 0 Å². The van der Waals surface area contributed by atoms with E-state index < -0.39 is 0 Å². The zero-order chi connectivity index (χ0) is 19.0. The summed E-state index contributed by atoms with van der Waals surface area (Å²) in [5, 5.41) is 3.83. The quantitative estimate of drug-likeness (QED) is 0.661. The summed E-state index contributed by atoms with van der Waals surface area (Å²) in [4.78, 5) is 31.0. The largest absolute Gasteiger partial charge is 0.431 e. The highest BCUT2D eigenvalue weighted by atomic mass is 35.5. The minimum absolute atomic E-state index is 0.103. The molecule has 6 nitrogen and oxygen atoms in total. The molecular weight excluding hydrogens is 386 g/mol. The summed E-state index contributed by atoms with van der Waals surface area (Å²) in [5.41, 5.74) is 2.62. The van der Waals surface area contributed by atoms with Crippen LogP contribution in [0.4, 0.5) is 11.4 Å². The molecule has 4 rings (SSSR count). The molecule has 138 valence electrons. The predicted octanol–water partition coefficient (Wildman–Crippen LogP) is 4.34. The second-order valence-electron chi connectivity index (χ2n) is 6.26. The number of benzene rings is 2. The summed E-state index contributed by atoms with van der Waals surface area (Å²) in [5.74, 6) is -0.0709. The highest BCUT2D eigenvalue weighted by Gasteiger charge is 2.29. The van der Waals surface area contributed by atoms with Gasteiger partial charge in [0.1, 0.15) is 5.52 Å². The number of nitrogens with one attached hydrogen (secondary N) is 1. The van der Waals surface area contributed by atoms with Crippen LogP contribution < -0.4 is 10.2 Å². The number of halogens is 1. The Hall–Kier alpha value is -2.51. The number of aromatic nitrogens is 1. The topological polar surface area (TPSA) is 75.4 Å². The Morgan fingerprint density at radius 2 is 2.19 bits per heavy atom. The third-order valence-corrected chi connectivity index (χ3v) is 5.33. The molecule has 2 aromatic carbocycles. The second-order valence-corrected chi connectivity index (χ2v) is 7.63. The summed E-state index contributed by atoms with van der Waals surface area (Å²) in [6.45, 7) is 1.87. The molecule has 1 unspecified atom stereocenters. The third-order valence-electron chi connectivity index (χ3n) is 4.28. The molecule has 1 atom stereocenters. The zero-order valence-electron chi connectivity index (χ0n) is 14.4. The van der Waals surface area contributed by atoms with Crippen LogP contribution in [0.25, 0.3) is 11.1 Å².